The Bertz CT molecular complexity index is 947. The lowest BCUT2D eigenvalue weighted by molar-refractivity contribution is -0.384. The number of carbonyl (C=O) groups is 1. The van der Waals surface area contributed by atoms with Crippen LogP contribution in [-0.4, -0.2) is 10.7 Å². The molecule has 0 saturated heterocycles. The molecule has 0 aromatic heterocycles. The molecule has 0 radical (unpaired) electrons. The first-order chi connectivity index (χ1) is 13.1. The number of nitro benzene ring substituents is 1. The minimum Gasteiger partial charge on any atom is -0.289 e. The Morgan fingerprint density at radius 2 is 1.67 bits per heavy atom. The third-order valence-corrected chi connectivity index (χ3v) is 4.58. The van der Waals surface area contributed by atoms with Crippen molar-refractivity contribution in [2.75, 3.05) is 0 Å². The van der Waals surface area contributed by atoms with Gasteiger partial charge < -0.3 is 0 Å². The van der Waals surface area contributed by atoms with Crippen molar-refractivity contribution in [3.8, 4) is 11.1 Å². The van der Waals surface area contributed by atoms with E-state index in [1.54, 1.807) is 30.3 Å². The molecule has 136 valence electrons. The number of benzene rings is 3. The van der Waals surface area contributed by atoms with E-state index < -0.39 is 4.92 Å². The van der Waals surface area contributed by atoms with Crippen LogP contribution in [0, 0.1) is 10.1 Å². The van der Waals surface area contributed by atoms with Crippen molar-refractivity contribution in [3.63, 3.8) is 0 Å². The Morgan fingerprint density at radius 3 is 2.30 bits per heavy atom. The van der Waals surface area contributed by atoms with Crippen molar-refractivity contribution >= 4 is 11.5 Å². The summed E-state index contributed by atoms with van der Waals surface area (Å²) < 4.78 is 0. The largest absolute Gasteiger partial charge is 0.289 e. The van der Waals surface area contributed by atoms with Gasteiger partial charge in [-0.2, -0.15) is 0 Å². The molecule has 0 aliphatic heterocycles. The zero-order chi connectivity index (χ0) is 19.2. The van der Waals surface area contributed by atoms with E-state index >= 15 is 0 Å². The molecule has 0 fully saturated rings. The molecule has 4 nitrogen and oxygen atoms in total. The number of nitrogens with zero attached hydrogens (tertiary/aromatic N) is 1. The monoisotopic (exact) mass is 359 g/mol. The molecular weight excluding hydrogens is 338 g/mol. The van der Waals surface area contributed by atoms with Crippen LogP contribution >= 0.6 is 0 Å². The van der Waals surface area contributed by atoms with E-state index in [4.69, 9.17) is 0 Å². The lowest BCUT2D eigenvalue weighted by Gasteiger charge is -2.10. The van der Waals surface area contributed by atoms with Crippen LogP contribution in [0.5, 0.6) is 0 Å². The van der Waals surface area contributed by atoms with E-state index in [9.17, 15) is 14.9 Å². The predicted molar refractivity (Wildman–Crippen MR) is 107 cm³/mol. The first kappa shape index (κ1) is 18.5. The summed E-state index contributed by atoms with van der Waals surface area (Å²) in [5.41, 5.74) is 3.62. The third-order valence-electron chi connectivity index (χ3n) is 4.58. The number of hydrogen-bond donors (Lipinski definition) is 0. The normalized spacial score (nSPS) is 10.6. The van der Waals surface area contributed by atoms with Crippen molar-refractivity contribution in [1.29, 1.82) is 0 Å². The Kier molecular flexibility index (Phi) is 5.77. The SMILES string of the molecule is CCCCc1ccc(-c2cc([N+](=O)[O-])ccc2C(=O)c2ccccc2)cc1. The average molecular weight is 359 g/mol. The van der Waals surface area contributed by atoms with E-state index in [2.05, 4.69) is 6.92 Å². The summed E-state index contributed by atoms with van der Waals surface area (Å²) >= 11 is 0. The first-order valence-electron chi connectivity index (χ1n) is 9.07. The summed E-state index contributed by atoms with van der Waals surface area (Å²) in [4.78, 5) is 23.8. The molecule has 3 rings (SSSR count). The number of ketones is 1. The molecule has 0 spiro atoms. The topological polar surface area (TPSA) is 60.2 Å². The second kappa shape index (κ2) is 8.41. The van der Waals surface area contributed by atoms with Gasteiger partial charge in [-0.05, 0) is 35.6 Å². The van der Waals surface area contributed by atoms with Crippen LogP contribution in [0.4, 0.5) is 5.69 Å². The maximum Gasteiger partial charge on any atom is 0.270 e. The van der Waals surface area contributed by atoms with Gasteiger partial charge in [-0.3, -0.25) is 14.9 Å². The van der Waals surface area contributed by atoms with Crippen molar-refractivity contribution in [3.05, 3.63) is 99.6 Å². The molecule has 0 amide bonds. The molecule has 0 unspecified atom stereocenters. The van der Waals surface area contributed by atoms with Gasteiger partial charge in [-0.25, -0.2) is 0 Å². The van der Waals surface area contributed by atoms with Gasteiger partial charge in [-0.1, -0.05) is 67.9 Å². The summed E-state index contributed by atoms with van der Waals surface area (Å²) in [6.07, 6.45) is 3.25. The van der Waals surface area contributed by atoms with Crippen molar-refractivity contribution < 1.29 is 9.72 Å². The zero-order valence-electron chi connectivity index (χ0n) is 15.2. The second-order valence-electron chi connectivity index (χ2n) is 6.48. The molecule has 4 heteroatoms. The quantitative estimate of drug-likeness (QED) is 0.303. The van der Waals surface area contributed by atoms with Gasteiger partial charge in [0.1, 0.15) is 0 Å². The molecule has 0 heterocycles. The van der Waals surface area contributed by atoms with Gasteiger partial charge in [-0.15, -0.1) is 0 Å². The van der Waals surface area contributed by atoms with Crippen LogP contribution in [0.3, 0.4) is 0 Å². The van der Waals surface area contributed by atoms with Crippen LogP contribution < -0.4 is 0 Å². The molecule has 0 bridgehead atoms. The average Bonchev–Trinajstić information content (AvgIpc) is 2.72. The van der Waals surface area contributed by atoms with E-state index in [0.717, 1.165) is 24.8 Å². The molecule has 27 heavy (non-hydrogen) atoms. The van der Waals surface area contributed by atoms with Gasteiger partial charge in [0.25, 0.3) is 5.69 Å². The van der Waals surface area contributed by atoms with E-state index in [-0.39, 0.29) is 11.5 Å². The number of rotatable bonds is 7. The minimum absolute atomic E-state index is 0.0235. The molecule has 3 aromatic rings. The first-order valence-corrected chi connectivity index (χ1v) is 9.07. The number of aryl methyl sites for hydroxylation is 1. The van der Waals surface area contributed by atoms with Crippen LogP contribution in [0.2, 0.25) is 0 Å². The van der Waals surface area contributed by atoms with Crippen molar-refractivity contribution in [1.82, 2.24) is 0 Å². The van der Waals surface area contributed by atoms with Gasteiger partial charge in [0, 0.05) is 23.3 Å². The van der Waals surface area contributed by atoms with Crippen LogP contribution in [-0.2, 0) is 6.42 Å². The maximum absolute atomic E-state index is 13.0. The second-order valence-corrected chi connectivity index (χ2v) is 6.48. The highest BCUT2D eigenvalue weighted by atomic mass is 16.6. The Hall–Kier alpha value is -3.27. The van der Waals surface area contributed by atoms with Gasteiger partial charge in [0.15, 0.2) is 5.78 Å². The zero-order valence-corrected chi connectivity index (χ0v) is 15.2. The molecule has 0 saturated carbocycles. The van der Waals surface area contributed by atoms with Crippen molar-refractivity contribution in [2.45, 2.75) is 26.2 Å². The summed E-state index contributed by atoms with van der Waals surface area (Å²) in [6.45, 7) is 2.15. The van der Waals surface area contributed by atoms with E-state index in [1.165, 1.54) is 17.7 Å². The Morgan fingerprint density at radius 1 is 0.963 bits per heavy atom. The standard InChI is InChI=1S/C23H21NO3/c1-2-3-7-17-10-12-18(13-11-17)22-16-20(24(26)27)14-15-21(22)23(25)19-8-5-4-6-9-19/h4-6,8-16H,2-3,7H2,1H3. The number of unbranched alkanes of at least 4 members (excludes halogenated alkanes) is 1. The molecule has 3 aromatic carbocycles. The molecule has 0 atom stereocenters. The highest BCUT2D eigenvalue weighted by molar-refractivity contribution is 6.13. The smallest absolute Gasteiger partial charge is 0.270 e. The lowest BCUT2D eigenvalue weighted by Crippen LogP contribution is -2.04. The molecule has 0 aliphatic rings. The fourth-order valence-corrected chi connectivity index (χ4v) is 3.06. The van der Waals surface area contributed by atoms with E-state index in [1.807, 2.05) is 30.3 Å². The molecular formula is C23H21NO3. The Labute approximate surface area is 158 Å². The van der Waals surface area contributed by atoms with E-state index in [0.29, 0.717) is 16.7 Å². The van der Waals surface area contributed by atoms with Gasteiger partial charge in [0.2, 0.25) is 0 Å². The molecule has 0 aliphatic carbocycles. The number of nitro groups is 1. The summed E-state index contributed by atoms with van der Waals surface area (Å²) in [6, 6.07) is 21.3. The minimum atomic E-state index is -0.435. The highest BCUT2D eigenvalue weighted by Gasteiger charge is 2.18. The fourth-order valence-electron chi connectivity index (χ4n) is 3.06. The lowest BCUT2D eigenvalue weighted by atomic mass is 9.92. The van der Waals surface area contributed by atoms with Gasteiger partial charge >= 0.3 is 0 Å². The van der Waals surface area contributed by atoms with Crippen molar-refractivity contribution in [2.24, 2.45) is 0 Å². The molecule has 0 N–H and O–H groups in total. The summed E-state index contributed by atoms with van der Waals surface area (Å²) in [5, 5.41) is 11.2. The number of hydrogen-bond acceptors (Lipinski definition) is 3. The maximum atomic E-state index is 13.0. The number of non-ortho nitro benzene ring substituents is 1. The third kappa shape index (κ3) is 4.29. The number of carbonyl (C=O) groups excluding carboxylic acids is 1. The van der Waals surface area contributed by atoms with Crippen LogP contribution in [0.15, 0.2) is 72.8 Å². The van der Waals surface area contributed by atoms with Crippen LogP contribution in [0.1, 0.15) is 41.3 Å². The summed E-state index contributed by atoms with van der Waals surface area (Å²) in [5.74, 6) is -0.143. The summed E-state index contributed by atoms with van der Waals surface area (Å²) in [7, 11) is 0. The van der Waals surface area contributed by atoms with Crippen LogP contribution in [0.25, 0.3) is 11.1 Å². The fraction of sp³-hybridized carbons (Fsp3) is 0.174. The predicted octanol–water partition coefficient (Wildman–Crippen LogP) is 5.84. The van der Waals surface area contributed by atoms with Gasteiger partial charge in [0.05, 0.1) is 4.92 Å². The highest BCUT2D eigenvalue weighted by Crippen LogP contribution is 2.30. The Balaban J connectivity index is 2.05.